The Morgan fingerprint density at radius 2 is 2.26 bits per heavy atom. The van der Waals surface area contributed by atoms with Crippen LogP contribution in [-0.2, 0) is 0 Å². The molecule has 3 rings (SSSR count). The summed E-state index contributed by atoms with van der Waals surface area (Å²) in [5.74, 6) is 0.798. The Morgan fingerprint density at radius 1 is 1.32 bits per heavy atom. The molecule has 1 unspecified atom stereocenters. The molecule has 5 nitrogen and oxygen atoms in total. The molecule has 96 valence electrons. The van der Waals surface area contributed by atoms with Crippen molar-refractivity contribution in [3.63, 3.8) is 0 Å². The molecule has 0 radical (unpaired) electrons. The molecule has 0 fully saturated rings. The molecule has 3 aromatic rings. The highest BCUT2D eigenvalue weighted by atomic mass is 16.3. The van der Waals surface area contributed by atoms with Gasteiger partial charge in [0.05, 0.1) is 30.5 Å². The summed E-state index contributed by atoms with van der Waals surface area (Å²) in [5.41, 5.74) is 2.07. The lowest BCUT2D eigenvalue weighted by atomic mass is 10.2. The van der Waals surface area contributed by atoms with Gasteiger partial charge in [0, 0.05) is 18.0 Å². The fourth-order valence-electron chi connectivity index (χ4n) is 1.87. The van der Waals surface area contributed by atoms with E-state index in [9.17, 15) is 0 Å². The van der Waals surface area contributed by atoms with E-state index in [4.69, 9.17) is 4.42 Å². The van der Waals surface area contributed by atoms with Gasteiger partial charge < -0.3 is 9.73 Å². The number of furan rings is 1. The summed E-state index contributed by atoms with van der Waals surface area (Å²) in [6.45, 7) is 2.08. The van der Waals surface area contributed by atoms with Crippen LogP contribution in [0.5, 0.6) is 0 Å². The molecule has 0 saturated heterocycles. The lowest BCUT2D eigenvalue weighted by Crippen LogP contribution is -2.06. The first-order valence-corrected chi connectivity index (χ1v) is 6.07. The highest BCUT2D eigenvalue weighted by Gasteiger charge is 2.06. The van der Waals surface area contributed by atoms with Crippen molar-refractivity contribution in [3.8, 4) is 5.82 Å². The highest BCUT2D eigenvalue weighted by Crippen LogP contribution is 2.19. The molecule has 0 bridgehead atoms. The quantitative estimate of drug-likeness (QED) is 0.777. The van der Waals surface area contributed by atoms with E-state index in [1.807, 2.05) is 30.5 Å². The van der Waals surface area contributed by atoms with Crippen LogP contribution in [-0.4, -0.2) is 14.8 Å². The summed E-state index contributed by atoms with van der Waals surface area (Å²) in [4.78, 5) is 4.37. The SMILES string of the molecule is CC(Nc1ccc(-n2cccn2)nc1)c1ccoc1. The van der Waals surface area contributed by atoms with Gasteiger partial charge in [-0.15, -0.1) is 0 Å². The van der Waals surface area contributed by atoms with E-state index in [0.717, 1.165) is 17.1 Å². The molecule has 1 atom stereocenters. The Bertz CT molecular complexity index is 614. The highest BCUT2D eigenvalue weighted by molar-refractivity contribution is 5.45. The molecule has 0 spiro atoms. The lowest BCUT2D eigenvalue weighted by Gasteiger charge is -2.13. The van der Waals surface area contributed by atoms with E-state index in [0.29, 0.717) is 0 Å². The van der Waals surface area contributed by atoms with Crippen LogP contribution in [0.3, 0.4) is 0 Å². The maximum Gasteiger partial charge on any atom is 0.153 e. The minimum Gasteiger partial charge on any atom is -0.472 e. The van der Waals surface area contributed by atoms with Crippen LogP contribution in [0.25, 0.3) is 5.82 Å². The molecule has 0 amide bonds. The molecule has 0 aliphatic heterocycles. The summed E-state index contributed by atoms with van der Waals surface area (Å²) < 4.78 is 6.80. The number of aromatic nitrogens is 3. The maximum atomic E-state index is 5.07. The standard InChI is InChI=1S/C14H14N4O/c1-11(12-5-8-19-10-12)17-13-3-4-14(15-9-13)18-7-2-6-16-18/h2-11,17H,1H3. The lowest BCUT2D eigenvalue weighted by molar-refractivity contribution is 0.562. The van der Waals surface area contributed by atoms with Gasteiger partial charge in [0.2, 0.25) is 0 Å². The Balaban J connectivity index is 1.73. The number of nitrogens with one attached hydrogen (secondary N) is 1. The number of nitrogens with zero attached hydrogens (tertiary/aromatic N) is 3. The summed E-state index contributed by atoms with van der Waals surface area (Å²) in [6, 6.07) is 7.91. The minimum absolute atomic E-state index is 0.177. The van der Waals surface area contributed by atoms with E-state index >= 15 is 0 Å². The average Bonchev–Trinajstić information content (AvgIpc) is 3.13. The predicted octanol–water partition coefficient (Wildman–Crippen LogP) is 3.03. The Kier molecular flexibility index (Phi) is 3.02. The zero-order valence-corrected chi connectivity index (χ0v) is 10.5. The van der Waals surface area contributed by atoms with Gasteiger partial charge >= 0.3 is 0 Å². The van der Waals surface area contributed by atoms with Gasteiger partial charge in [-0.2, -0.15) is 5.10 Å². The number of hydrogen-bond acceptors (Lipinski definition) is 4. The number of pyridine rings is 1. The van der Waals surface area contributed by atoms with Gasteiger partial charge in [0.15, 0.2) is 5.82 Å². The molecule has 0 saturated carbocycles. The van der Waals surface area contributed by atoms with Gasteiger partial charge in [-0.1, -0.05) is 0 Å². The second-order valence-electron chi connectivity index (χ2n) is 4.28. The monoisotopic (exact) mass is 254 g/mol. The van der Waals surface area contributed by atoms with Crippen LogP contribution >= 0.6 is 0 Å². The van der Waals surface area contributed by atoms with Gasteiger partial charge in [-0.05, 0) is 31.2 Å². The third-order valence-electron chi connectivity index (χ3n) is 2.91. The fraction of sp³-hybridized carbons (Fsp3) is 0.143. The zero-order chi connectivity index (χ0) is 13.1. The molecule has 19 heavy (non-hydrogen) atoms. The molecule has 3 heterocycles. The van der Waals surface area contributed by atoms with Gasteiger partial charge in [0.25, 0.3) is 0 Å². The summed E-state index contributed by atoms with van der Waals surface area (Å²) in [5, 5.41) is 7.50. The normalized spacial score (nSPS) is 12.3. The van der Waals surface area contributed by atoms with E-state index in [2.05, 4.69) is 22.3 Å². The summed E-state index contributed by atoms with van der Waals surface area (Å²) in [6.07, 6.45) is 8.81. The van der Waals surface area contributed by atoms with Crippen molar-refractivity contribution in [2.75, 3.05) is 5.32 Å². The molecular formula is C14H14N4O. The summed E-state index contributed by atoms with van der Waals surface area (Å²) in [7, 11) is 0. The van der Waals surface area contributed by atoms with Crippen LogP contribution in [0.1, 0.15) is 18.5 Å². The van der Waals surface area contributed by atoms with Crippen molar-refractivity contribution in [1.29, 1.82) is 0 Å². The summed E-state index contributed by atoms with van der Waals surface area (Å²) >= 11 is 0. The van der Waals surface area contributed by atoms with Crippen molar-refractivity contribution in [3.05, 3.63) is 60.9 Å². The van der Waals surface area contributed by atoms with Crippen molar-refractivity contribution in [2.45, 2.75) is 13.0 Å². The van der Waals surface area contributed by atoms with Crippen molar-refractivity contribution in [1.82, 2.24) is 14.8 Å². The van der Waals surface area contributed by atoms with E-state index in [-0.39, 0.29) is 6.04 Å². The van der Waals surface area contributed by atoms with Crippen LogP contribution in [0.15, 0.2) is 59.8 Å². The van der Waals surface area contributed by atoms with Crippen molar-refractivity contribution >= 4 is 5.69 Å². The maximum absolute atomic E-state index is 5.07. The van der Waals surface area contributed by atoms with Crippen LogP contribution < -0.4 is 5.32 Å². The van der Waals surface area contributed by atoms with Gasteiger partial charge in [0.1, 0.15) is 0 Å². The van der Waals surface area contributed by atoms with Gasteiger partial charge in [-0.3, -0.25) is 0 Å². The molecule has 1 N–H and O–H groups in total. The number of hydrogen-bond donors (Lipinski definition) is 1. The first-order chi connectivity index (χ1) is 9.33. The second-order valence-corrected chi connectivity index (χ2v) is 4.28. The molecule has 5 heteroatoms. The third kappa shape index (κ3) is 2.49. The van der Waals surface area contributed by atoms with Crippen molar-refractivity contribution in [2.24, 2.45) is 0 Å². The minimum atomic E-state index is 0.177. The van der Waals surface area contributed by atoms with Gasteiger partial charge in [-0.25, -0.2) is 9.67 Å². The Labute approximate surface area is 110 Å². The number of rotatable bonds is 4. The third-order valence-corrected chi connectivity index (χ3v) is 2.91. The van der Waals surface area contributed by atoms with E-state index in [1.165, 1.54) is 0 Å². The average molecular weight is 254 g/mol. The van der Waals surface area contributed by atoms with Crippen LogP contribution in [0.4, 0.5) is 5.69 Å². The second kappa shape index (κ2) is 4.97. The largest absolute Gasteiger partial charge is 0.472 e. The number of anilines is 1. The Morgan fingerprint density at radius 3 is 2.89 bits per heavy atom. The smallest absolute Gasteiger partial charge is 0.153 e. The molecular weight excluding hydrogens is 240 g/mol. The Hall–Kier alpha value is -2.56. The molecule has 0 aliphatic carbocycles. The molecule has 0 aromatic carbocycles. The van der Waals surface area contributed by atoms with E-state index in [1.54, 1.807) is 29.6 Å². The van der Waals surface area contributed by atoms with Crippen molar-refractivity contribution < 1.29 is 4.42 Å². The predicted molar refractivity (Wildman–Crippen MR) is 72.1 cm³/mol. The molecule has 0 aliphatic rings. The zero-order valence-electron chi connectivity index (χ0n) is 10.5. The van der Waals surface area contributed by atoms with Crippen LogP contribution in [0.2, 0.25) is 0 Å². The first-order valence-electron chi connectivity index (χ1n) is 6.07. The molecule has 3 aromatic heterocycles. The topological polar surface area (TPSA) is 55.9 Å². The fourth-order valence-corrected chi connectivity index (χ4v) is 1.87. The van der Waals surface area contributed by atoms with Crippen LogP contribution in [0, 0.1) is 0 Å². The first kappa shape index (κ1) is 11.5. The van der Waals surface area contributed by atoms with E-state index < -0.39 is 0 Å².